The number of hydrogen-bond donors (Lipinski definition) is 2. The van der Waals surface area contributed by atoms with Crippen LogP contribution in [-0.4, -0.2) is 52.1 Å². The molecule has 4 rings (SSSR count). The van der Waals surface area contributed by atoms with Gasteiger partial charge in [-0.3, -0.25) is 4.79 Å². The van der Waals surface area contributed by atoms with Gasteiger partial charge in [-0.1, -0.05) is 30.3 Å². The third-order valence-corrected chi connectivity index (χ3v) is 4.59. The first-order chi connectivity index (χ1) is 11.7. The van der Waals surface area contributed by atoms with Crippen molar-refractivity contribution in [1.82, 2.24) is 20.2 Å². The normalized spacial score (nSPS) is 23.2. The van der Waals surface area contributed by atoms with E-state index in [9.17, 15) is 9.59 Å². The van der Waals surface area contributed by atoms with Crippen molar-refractivity contribution in [2.75, 3.05) is 19.6 Å². The largest absolute Gasteiger partial charge is 0.439 e. The van der Waals surface area contributed by atoms with Crippen LogP contribution < -0.4 is 5.32 Å². The second kappa shape index (κ2) is 5.67. The van der Waals surface area contributed by atoms with E-state index in [2.05, 4.69) is 15.3 Å². The number of aromatic nitrogens is 2. The number of imidazole rings is 1. The molecule has 2 saturated heterocycles. The molecule has 124 valence electrons. The maximum absolute atomic E-state index is 13.0. The van der Waals surface area contributed by atoms with Crippen LogP contribution >= 0.6 is 0 Å². The van der Waals surface area contributed by atoms with E-state index >= 15 is 0 Å². The summed E-state index contributed by atoms with van der Waals surface area (Å²) in [7, 11) is 0. The van der Waals surface area contributed by atoms with E-state index in [0.29, 0.717) is 31.0 Å². The number of aromatic amines is 1. The highest BCUT2D eigenvalue weighted by atomic mass is 16.6. The van der Waals surface area contributed by atoms with Gasteiger partial charge in [0.15, 0.2) is 0 Å². The molecule has 0 aliphatic carbocycles. The molecular formula is C17H18N4O3. The predicted molar refractivity (Wildman–Crippen MR) is 86.4 cm³/mol. The summed E-state index contributed by atoms with van der Waals surface area (Å²) in [6.07, 6.45) is 2.70. The van der Waals surface area contributed by atoms with Crippen LogP contribution in [0.5, 0.6) is 0 Å². The molecule has 0 unspecified atom stereocenters. The molecule has 2 N–H and O–H groups in total. The number of piperidine rings is 1. The second-order valence-corrected chi connectivity index (χ2v) is 6.25. The molecule has 1 atom stereocenters. The lowest BCUT2D eigenvalue weighted by atomic mass is 9.92. The van der Waals surface area contributed by atoms with Gasteiger partial charge >= 0.3 is 6.09 Å². The number of nitrogens with zero attached hydrogens (tertiary/aromatic N) is 2. The highest BCUT2D eigenvalue weighted by molar-refractivity contribution is 5.98. The molecule has 2 fully saturated rings. The number of carbonyl (C=O) groups excluding carboxylic acids is 2. The molecule has 24 heavy (non-hydrogen) atoms. The van der Waals surface area contributed by atoms with E-state index in [1.54, 1.807) is 4.90 Å². The lowest BCUT2D eigenvalue weighted by molar-refractivity contribution is -0.00519. The Labute approximate surface area is 139 Å². The maximum atomic E-state index is 13.0. The highest BCUT2D eigenvalue weighted by Crippen LogP contribution is 2.30. The van der Waals surface area contributed by atoms with Crippen molar-refractivity contribution in [2.45, 2.75) is 18.4 Å². The molecule has 1 aromatic heterocycles. The van der Waals surface area contributed by atoms with E-state index in [1.807, 2.05) is 30.3 Å². The van der Waals surface area contributed by atoms with E-state index in [1.165, 1.54) is 6.33 Å². The zero-order chi connectivity index (χ0) is 16.6. The van der Waals surface area contributed by atoms with Crippen LogP contribution in [0.2, 0.25) is 0 Å². The molecule has 2 amide bonds. The van der Waals surface area contributed by atoms with Crippen molar-refractivity contribution < 1.29 is 14.3 Å². The van der Waals surface area contributed by atoms with Crippen LogP contribution in [0.25, 0.3) is 11.3 Å². The SMILES string of the molecule is O=C1NC[C@@]2(CCCN(C(=O)c3[nH]cnc3-c3ccccc3)C2)O1. The molecule has 0 bridgehead atoms. The summed E-state index contributed by atoms with van der Waals surface area (Å²) in [6.45, 7) is 1.49. The van der Waals surface area contributed by atoms with Gasteiger partial charge in [-0.25, -0.2) is 9.78 Å². The Morgan fingerprint density at radius 1 is 1.29 bits per heavy atom. The first-order valence-corrected chi connectivity index (χ1v) is 8.02. The van der Waals surface area contributed by atoms with Gasteiger partial charge in [0.05, 0.1) is 19.4 Å². The van der Waals surface area contributed by atoms with Gasteiger partial charge in [-0.05, 0) is 12.8 Å². The average Bonchev–Trinajstić information content (AvgIpc) is 3.22. The van der Waals surface area contributed by atoms with Gasteiger partial charge in [0, 0.05) is 12.1 Å². The van der Waals surface area contributed by atoms with Crippen molar-refractivity contribution >= 4 is 12.0 Å². The number of carbonyl (C=O) groups is 2. The fourth-order valence-electron chi connectivity index (χ4n) is 3.43. The molecule has 2 aromatic rings. The Morgan fingerprint density at radius 3 is 2.88 bits per heavy atom. The molecule has 2 aliphatic heterocycles. The van der Waals surface area contributed by atoms with E-state index in [-0.39, 0.29) is 5.91 Å². The standard InChI is InChI=1S/C17H18N4O3/c22-15(14-13(19-11-20-14)12-5-2-1-3-6-12)21-8-4-7-17(10-21)9-18-16(23)24-17/h1-3,5-6,11H,4,7-10H2,(H,18,23)(H,19,20)/t17-/m1/s1. The molecule has 0 saturated carbocycles. The Morgan fingerprint density at radius 2 is 2.12 bits per heavy atom. The van der Waals surface area contributed by atoms with Crippen LogP contribution in [-0.2, 0) is 4.74 Å². The van der Waals surface area contributed by atoms with Gasteiger partial charge in [0.1, 0.15) is 17.0 Å². The Kier molecular flexibility index (Phi) is 3.48. The lowest BCUT2D eigenvalue weighted by Gasteiger charge is -2.38. The number of hydrogen-bond acceptors (Lipinski definition) is 4. The Hall–Kier alpha value is -2.83. The predicted octanol–water partition coefficient (Wildman–Crippen LogP) is 1.79. The number of alkyl carbamates (subject to hydrolysis) is 1. The van der Waals surface area contributed by atoms with Gasteiger partial charge in [0.2, 0.25) is 0 Å². The summed E-state index contributed by atoms with van der Waals surface area (Å²) in [5.41, 5.74) is 1.40. The minimum absolute atomic E-state index is 0.117. The van der Waals surface area contributed by atoms with Crippen molar-refractivity contribution in [3.63, 3.8) is 0 Å². The molecule has 1 aromatic carbocycles. The minimum Gasteiger partial charge on any atom is -0.439 e. The number of ether oxygens (including phenoxy) is 1. The zero-order valence-electron chi connectivity index (χ0n) is 13.1. The summed E-state index contributed by atoms with van der Waals surface area (Å²) in [5, 5.41) is 2.69. The van der Waals surface area contributed by atoms with E-state index in [0.717, 1.165) is 18.4 Å². The van der Waals surface area contributed by atoms with Crippen LogP contribution in [0.15, 0.2) is 36.7 Å². The summed E-state index contributed by atoms with van der Waals surface area (Å²) in [5.74, 6) is -0.117. The quantitative estimate of drug-likeness (QED) is 0.881. The van der Waals surface area contributed by atoms with Gasteiger partial charge < -0.3 is 19.9 Å². The number of rotatable bonds is 2. The first-order valence-electron chi connectivity index (χ1n) is 8.02. The summed E-state index contributed by atoms with van der Waals surface area (Å²) in [4.78, 5) is 33.4. The van der Waals surface area contributed by atoms with Crippen LogP contribution in [0.4, 0.5) is 4.79 Å². The van der Waals surface area contributed by atoms with Crippen LogP contribution in [0, 0.1) is 0 Å². The van der Waals surface area contributed by atoms with Gasteiger partial charge in [-0.15, -0.1) is 0 Å². The van der Waals surface area contributed by atoms with Gasteiger partial charge in [0.25, 0.3) is 5.91 Å². The third-order valence-electron chi connectivity index (χ3n) is 4.59. The minimum atomic E-state index is -0.599. The van der Waals surface area contributed by atoms with Crippen molar-refractivity contribution in [3.8, 4) is 11.3 Å². The zero-order valence-corrected chi connectivity index (χ0v) is 13.1. The first kappa shape index (κ1) is 14.7. The maximum Gasteiger partial charge on any atom is 0.407 e. The molecule has 7 heteroatoms. The van der Waals surface area contributed by atoms with Gasteiger partial charge in [-0.2, -0.15) is 0 Å². The monoisotopic (exact) mass is 326 g/mol. The summed E-state index contributed by atoms with van der Waals surface area (Å²) in [6, 6.07) is 9.60. The molecule has 7 nitrogen and oxygen atoms in total. The number of amides is 2. The third kappa shape index (κ3) is 2.51. The molecule has 1 spiro atoms. The fraction of sp³-hybridized carbons (Fsp3) is 0.353. The number of likely N-dealkylation sites (tertiary alicyclic amines) is 1. The lowest BCUT2D eigenvalue weighted by Crippen LogP contribution is -2.52. The average molecular weight is 326 g/mol. The smallest absolute Gasteiger partial charge is 0.407 e. The molecular weight excluding hydrogens is 308 g/mol. The second-order valence-electron chi connectivity index (χ2n) is 6.25. The van der Waals surface area contributed by atoms with E-state index in [4.69, 9.17) is 4.74 Å². The molecule has 0 radical (unpaired) electrons. The molecule has 3 heterocycles. The van der Waals surface area contributed by atoms with Crippen molar-refractivity contribution in [1.29, 1.82) is 0 Å². The summed E-state index contributed by atoms with van der Waals surface area (Å²) >= 11 is 0. The van der Waals surface area contributed by atoms with E-state index < -0.39 is 11.7 Å². The van der Waals surface area contributed by atoms with Crippen LogP contribution in [0.1, 0.15) is 23.3 Å². The van der Waals surface area contributed by atoms with Crippen LogP contribution in [0.3, 0.4) is 0 Å². The Bertz CT molecular complexity index is 773. The molecule has 2 aliphatic rings. The van der Waals surface area contributed by atoms with Crippen molar-refractivity contribution in [2.24, 2.45) is 0 Å². The Balaban J connectivity index is 1.59. The highest BCUT2D eigenvalue weighted by Gasteiger charge is 2.45. The summed E-state index contributed by atoms with van der Waals surface area (Å²) < 4.78 is 5.43. The number of H-pyrrole nitrogens is 1. The van der Waals surface area contributed by atoms with Crippen molar-refractivity contribution in [3.05, 3.63) is 42.4 Å². The topological polar surface area (TPSA) is 87.3 Å². The number of nitrogens with one attached hydrogen (secondary N) is 2. The fourth-order valence-corrected chi connectivity index (χ4v) is 3.43. The number of benzene rings is 1.